The number of ketones is 2. The maximum Gasteiger partial charge on any atom is 0.228 e. The molecule has 0 aliphatic heterocycles. The van der Waals surface area contributed by atoms with Gasteiger partial charge in [0.15, 0.2) is 17.3 Å². The number of carbonyl (C=O) groups excluding carboxylic acids is 2. The third kappa shape index (κ3) is 2.47. The van der Waals surface area contributed by atoms with Gasteiger partial charge in [-0.25, -0.2) is 0 Å². The predicted octanol–water partition coefficient (Wildman–Crippen LogP) is 1.78. The van der Waals surface area contributed by atoms with Crippen molar-refractivity contribution in [2.45, 2.75) is 6.92 Å². The van der Waals surface area contributed by atoms with Gasteiger partial charge in [-0.3, -0.25) is 9.59 Å². The molecule has 0 atom stereocenters. The Hall–Kier alpha value is -1.11. The minimum absolute atomic E-state index is 0.0294. The number of hydrogen-bond donors (Lipinski definition) is 1. The van der Waals surface area contributed by atoms with E-state index in [-0.39, 0.29) is 17.1 Å². The first-order valence-corrected chi connectivity index (χ1v) is 5.17. The van der Waals surface area contributed by atoms with Crippen molar-refractivity contribution in [3.63, 3.8) is 0 Å². The van der Waals surface area contributed by atoms with Gasteiger partial charge in [0.2, 0.25) is 5.78 Å². The van der Waals surface area contributed by atoms with E-state index in [4.69, 9.17) is 4.74 Å². The van der Waals surface area contributed by atoms with E-state index >= 15 is 0 Å². The van der Waals surface area contributed by atoms with Crippen LogP contribution in [0.2, 0.25) is 0 Å². The summed E-state index contributed by atoms with van der Waals surface area (Å²) in [6.07, 6.45) is 0. The van der Waals surface area contributed by atoms with Crippen molar-refractivity contribution in [2.24, 2.45) is 0 Å². The summed E-state index contributed by atoms with van der Waals surface area (Å²) in [4.78, 5) is 22.3. The van der Waals surface area contributed by atoms with Gasteiger partial charge in [-0.1, -0.05) is 0 Å². The van der Waals surface area contributed by atoms with Crippen LogP contribution in [0.25, 0.3) is 0 Å². The lowest BCUT2D eigenvalue weighted by Gasteiger charge is -2.07. The third-order valence-electron chi connectivity index (χ3n) is 1.83. The second-order valence-electron chi connectivity index (χ2n) is 2.89. The average Bonchev–Trinajstić information content (AvgIpc) is 2.20. The Balaban J connectivity index is 3.28. The van der Waals surface area contributed by atoms with Crippen LogP contribution in [-0.4, -0.2) is 23.8 Å². The highest BCUT2D eigenvalue weighted by Gasteiger charge is 2.16. The number of rotatable bonds is 3. The number of aromatic hydroxyl groups is 1. The molecule has 0 saturated carbocycles. The Labute approximate surface area is 100 Å². The molecule has 0 aliphatic rings. The normalized spacial score (nSPS) is 9.80. The first-order valence-electron chi connectivity index (χ1n) is 4.09. The number of phenolic OH excluding ortho intramolecular Hbond substituents is 1. The number of Topliss-reactive ketones (excluding diaryl/α,β-unsaturated/α-hetero) is 2. The van der Waals surface area contributed by atoms with E-state index in [1.807, 2.05) is 22.6 Å². The molecule has 1 rings (SSSR count). The molecule has 0 saturated heterocycles. The van der Waals surface area contributed by atoms with Crippen LogP contribution in [0.5, 0.6) is 11.5 Å². The molecule has 15 heavy (non-hydrogen) atoms. The minimum Gasteiger partial charge on any atom is -0.504 e. The zero-order valence-electron chi connectivity index (χ0n) is 8.20. The number of ether oxygens (including phenoxy) is 1. The molecular formula is C10H9IO4. The molecule has 80 valence electrons. The monoisotopic (exact) mass is 320 g/mol. The molecule has 1 aromatic rings. The zero-order valence-corrected chi connectivity index (χ0v) is 10.4. The van der Waals surface area contributed by atoms with E-state index in [2.05, 4.69) is 0 Å². The quantitative estimate of drug-likeness (QED) is 0.524. The summed E-state index contributed by atoms with van der Waals surface area (Å²) in [7, 11) is 1.38. The van der Waals surface area contributed by atoms with Gasteiger partial charge in [-0.2, -0.15) is 0 Å². The number of methoxy groups -OCH3 is 1. The average molecular weight is 320 g/mol. The molecule has 1 aromatic carbocycles. The van der Waals surface area contributed by atoms with Gasteiger partial charge >= 0.3 is 0 Å². The number of hydrogen-bond acceptors (Lipinski definition) is 4. The second-order valence-corrected chi connectivity index (χ2v) is 4.06. The van der Waals surface area contributed by atoms with E-state index in [1.54, 1.807) is 0 Å². The summed E-state index contributed by atoms with van der Waals surface area (Å²) in [6.45, 7) is 1.20. The van der Waals surface area contributed by atoms with Gasteiger partial charge in [0.25, 0.3) is 0 Å². The second kappa shape index (κ2) is 4.61. The standard InChI is InChI=1S/C10H9IO4/c1-5(12)9(13)6-3-7(11)10(14)8(4-6)15-2/h3-4,14H,1-2H3. The molecule has 0 aromatic heterocycles. The molecule has 0 amide bonds. The van der Waals surface area contributed by atoms with E-state index in [0.717, 1.165) is 0 Å². The molecule has 4 nitrogen and oxygen atoms in total. The van der Waals surface area contributed by atoms with Crippen molar-refractivity contribution in [1.82, 2.24) is 0 Å². The highest BCUT2D eigenvalue weighted by atomic mass is 127. The fourth-order valence-electron chi connectivity index (χ4n) is 1.06. The van der Waals surface area contributed by atoms with Gasteiger partial charge in [0.1, 0.15) is 0 Å². The highest BCUT2D eigenvalue weighted by molar-refractivity contribution is 14.1. The van der Waals surface area contributed by atoms with Crippen molar-refractivity contribution in [2.75, 3.05) is 7.11 Å². The number of carbonyl (C=O) groups is 2. The molecule has 0 fully saturated rings. The Kier molecular flexibility index (Phi) is 3.67. The minimum atomic E-state index is -0.591. The predicted molar refractivity (Wildman–Crippen MR) is 62.4 cm³/mol. The van der Waals surface area contributed by atoms with Crippen LogP contribution in [-0.2, 0) is 4.79 Å². The Bertz CT molecular complexity index is 426. The molecule has 0 radical (unpaired) electrons. The van der Waals surface area contributed by atoms with Crippen molar-refractivity contribution >= 4 is 34.2 Å². The van der Waals surface area contributed by atoms with Crippen LogP contribution < -0.4 is 4.74 Å². The molecule has 0 bridgehead atoms. The Morgan fingerprint density at radius 2 is 2.00 bits per heavy atom. The third-order valence-corrected chi connectivity index (χ3v) is 2.65. The SMILES string of the molecule is COc1cc(C(=O)C(C)=O)cc(I)c1O. The van der Waals surface area contributed by atoms with Gasteiger partial charge in [0.05, 0.1) is 10.7 Å². The summed E-state index contributed by atoms with van der Waals surface area (Å²) in [5, 5.41) is 9.51. The van der Waals surface area contributed by atoms with Crippen molar-refractivity contribution in [1.29, 1.82) is 0 Å². The maximum atomic E-state index is 11.4. The summed E-state index contributed by atoms with van der Waals surface area (Å²) in [5.41, 5.74) is 0.224. The van der Waals surface area contributed by atoms with Gasteiger partial charge in [-0.05, 0) is 34.7 Å². The lowest BCUT2D eigenvalue weighted by molar-refractivity contribution is -0.113. The molecule has 0 aliphatic carbocycles. The summed E-state index contributed by atoms with van der Waals surface area (Å²) < 4.78 is 5.35. The van der Waals surface area contributed by atoms with Crippen LogP contribution in [0.15, 0.2) is 12.1 Å². The van der Waals surface area contributed by atoms with Gasteiger partial charge in [-0.15, -0.1) is 0 Å². The molecule has 1 N–H and O–H groups in total. The number of benzene rings is 1. The molecule has 0 heterocycles. The van der Waals surface area contributed by atoms with Crippen molar-refractivity contribution in [3.05, 3.63) is 21.3 Å². The van der Waals surface area contributed by atoms with E-state index in [0.29, 0.717) is 3.57 Å². The van der Waals surface area contributed by atoms with Crippen molar-refractivity contribution in [3.8, 4) is 11.5 Å². The lowest BCUT2D eigenvalue weighted by atomic mass is 10.1. The van der Waals surface area contributed by atoms with Crippen LogP contribution in [0.4, 0.5) is 0 Å². The largest absolute Gasteiger partial charge is 0.504 e. The molecule has 0 spiro atoms. The van der Waals surface area contributed by atoms with Crippen molar-refractivity contribution < 1.29 is 19.4 Å². The molecule has 5 heteroatoms. The number of halogens is 1. The van der Waals surface area contributed by atoms with Gasteiger partial charge in [0, 0.05) is 12.5 Å². The lowest BCUT2D eigenvalue weighted by Crippen LogP contribution is -2.10. The fraction of sp³-hybridized carbons (Fsp3) is 0.200. The fourth-order valence-corrected chi connectivity index (χ4v) is 1.67. The van der Waals surface area contributed by atoms with Crippen LogP contribution in [0, 0.1) is 3.57 Å². The first-order chi connectivity index (χ1) is 6.97. The molecule has 0 unspecified atom stereocenters. The van der Waals surface area contributed by atoms with Crippen LogP contribution in [0.3, 0.4) is 0 Å². The van der Waals surface area contributed by atoms with Crippen LogP contribution >= 0.6 is 22.6 Å². The van der Waals surface area contributed by atoms with Gasteiger partial charge < -0.3 is 9.84 Å². The highest BCUT2D eigenvalue weighted by Crippen LogP contribution is 2.32. The Morgan fingerprint density at radius 3 is 2.47 bits per heavy atom. The van der Waals surface area contributed by atoms with E-state index < -0.39 is 11.6 Å². The summed E-state index contributed by atoms with van der Waals surface area (Å²) in [6, 6.07) is 2.80. The zero-order chi connectivity index (χ0) is 11.6. The molecular weight excluding hydrogens is 311 g/mol. The summed E-state index contributed by atoms with van der Waals surface area (Å²) >= 11 is 1.86. The van der Waals surface area contributed by atoms with E-state index in [1.165, 1.54) is 26.2 Å². The smallest absolute Gasteiger partial charge is 0.228 e. The van der Waals surface area contributed by atoms with Crippen LogP contribution in [0.1, 0.15) is 17.3 Å². The summed E-state index contributed by atoms with van der Waals surface area (Å²) in [5.74, 6) is -0.977. The first kappa shape index (κ1) is 12.0. The number of phenols is 1. The maximum absolute atomic E-state index is 11.4. The topological polar surface area (TPSA) is 63.6 Å². The Morgan fingerprint density at radius 1 is 1.40 bits per heavy atom. The van der Waals surface area contributed by atoms with E-state index in [9.17, 15) is 14.7 Å².